The summed E-state index contributed by atoms with van der Waals surface area (Å²) in [5.41, 5.74) is 9.12. The Morgan fingerprint density at radius 3 is 2.52 bits per heavy atom. The van der Waals surface area contributed by atoms with Gasteiger partial charge in [0.05, 0.1) is 13.2 Å². The van der Waals surface area contributed by atoms with Gasteiger partial charge in [-0.3, -0.25) is 0 Å². The highest BCUT2D eigenvalue weighted by atomic mass is 16.5. The van der Waals surface area contributed by atoms with Crippen LogP contribution in [0.4, 0.5) is 0 Å². The van der Waals surface area contributed by atoms with Gasteiger partial charge in [0.1, 0.15) is 11.5 Å². The fourth-order valence-corrected chi connectivity index (χ4v) is 2.15. The first kappa shape index (κ1) is 15.4. The molecule has 0 unspecified atom stereocenters. The van der Waals surface area contributed by atoms with E-state index in [0.717, 1.165) is 23.5 Å². The molecule has 0 spiro atoms. The minimum Gasteiger partial charge on any atom is -0.493 e. The molecule has 0 bridgehead atoms. The van der Waals surface area contributed by atoms with E-state index < -0.39 is 0 Å². The van der Waals surface area contributed by atoms with Crippen molar-refractivity contribution in [2.24, 2.45) is 5.73 Å². The van der Waals surface area contributed by atoms with Gasteiger partial charge in [0.2, 0.25) is 0 Å². The third-order valence-corrected chi connectivity index (χ3v) is 3.28. The zero-order valence-corrected chi connectivity index (χ0v) is 12.8. The van der Waals surface area contributed by atoms with E-state index in [1.165, 1.54) is 11.1 Å². The molecule has 0 aliphatic heterocycles. The first-order chi connectivity index (χ1) is 10.2. The van der Waals surface area contributed by atoms with Crippen LogP contribution >= 0.6 is 0 Å². The van der Waals surface area contributed by atoms with Crippen molar-refractivity contribution in [1.29, 1.82) is 0 Å². The molecule has 0 atom stereocenters. The van der Waals surface area contributed by atoms with Crippen LogP contribution < -0.4 is 15.2 Å². The molecule has 0 heterocycles. The minimum absolute atomic E-state index is 0.535. The molecule has 0 saturated heterocycles. The summed E-state index contributed by atoms with van der Waals surface area (Å²) in [6.45, 7) is 5.98. The van der Waals surface area contributed by atoms with Crippen LogP contribution in [0.25, 0.3) is 0 Å². The lowest BCUT2D eigenvalue weighted by Gasteiger charge is -2.11. The van der Waals surface area contributed by atoms with Crippen LogP contribution in [-0.4, -0.2) is 13.2 Å². The lowest BCUT2D eigenvalue weighted by molar-refractivity contribution is 0.246. The van der Waals surface area contributed by atoms with Crippen molar-refractivity contribution in [3.63, 3.8) is 0 Å². The smallest absolute Gasteiger partial charge is 0.122 e. The van der Waals surface area contributed by atoms with E-state index >= 15 is 0 Å². The quantitative estimate of drug-likeness (QED) is 0.790. The lowest BCUT2D eigenvalue weighted by atomic mass is 10.1. The number of aryl methyl sites for hydroxylation is 2. The molecule has 2 aromatic rings. The minimum atomic E-state index is 0.535. The number of nitrogens with two attached hydrogens (primary N) is 1. The van der Waals surface area contributed by atoms with Gasteiger partial charge in [0.15, 0.2) is 0 Å². The Balaban J connectivity index is 1.72. The summed E-state index contributed by atoms with van der Waals surface area (Å²) in [6, 6.07) is 14.1. The predicted octanol–water partition coefficient (Wildman–Crippen LogP) is 3.61. The highest BCUT2D eigenvalue weighted by molar-refractivity contribution is 5.35. The maximum atomic E-state index is 5.77. The average molecular weight is 285 g/mol. The molecule has 0 amide bonds. The van der Waals surface area contributed by atoms with E-state index in [-0.39, 0.29) is 0 Å². The van der Waals surface area contributed by atoms with Crippen molar-refractivity contribution in [3.05, 3.63) is 59.2 Å². The Labute approximate surface area is 126 Å². The molecule has 0 aliphatic carbocycles. The normalized spacial score (nSPS) is 10.4. The Bertz CT molecular complexity index is 581. The Morgan fingerprint density at radius 2 is 1.76 bits per heavy atom. The highest BCUT2D eigenvalue weighted by Crippen LogP contribution is 2.19. The predicted molar refractivity (Wildman–Crippen MR) is 85.9 cm³/mol. The van der Waals surface area contributed by atoms with Crippen LogP contribution in [0.1, 0.15) is 23.1 Å². The van der Waals surface area contributed by atoms with Gasteiger partial charge >= 0.3 is 0 Å². The summed E-state index contributed by atoms with van der Waals surface area (Å²) in [5.74, 6) is 1.81. The molecule has 2 rings (SSSR count). The third-order valence-electron chi connectivity index (χ3n) is 3.28. The van der Waals surface area contributed by atoms with Crippen molar-refractivity contribution in [1.82, 2.24) is 0 Å². The van der Waals surface area contributed by atoms with Crippen molar-refractivity contribution in [3.8, 4) is 11.5 Å². The van der Waals surface area contributed by atoms with Gasteiger partial charge in [-0.2, -0.15) is 0 Å². The first-order valence-corrected chi connectivity index (χ1v) is 7.31. The van der Waals surface area contributed by atoms with Crippen LogP contribution in [0, 0.1) is 13.8 Å². The third kappa shape index (κ3) is 4.80. The molecule has 2 aromatic carbocycles. The van der Waals surface area contributed by atoms with Crippen molar-refractivity contribution in [2.75, 3.05) is 13.2 Å². The number of rotatable bonds is 7. The molecule has 0 saturated carbocycles. The number of ether oxygens (including phenoxy) is 2. The van der Waals surface area contributed by atoms with E-state index in [1.54, 1.807) is 0 Å². The average Bonchev–Trinajstić information content (AvgIpc) is 2.49. The lowest BCUT2D eigenvalue weighted by Crippen LogP contribution is -2.06. The van der Waals surface area contributed by atoms with Crippen LogP contribution in [0.15, 0.2) is 42.5 Å². The Hall–Kier alpha value is -2.00. The molecule has 0 fully saturated rings. The molecular weight excluding hydrogens is 262 g/mol. The fraction of sp³-hybridized carbons (Fsp3) is 0.333. The standard InChI is InChI=1S/C18H23NO2/c1-14-7-8-18(15(2)11-14)21-10-4-9-20-17-6-3-5-16(12-17)13-19/h3,5-8,11-12H,4,9-10,13,19H2,1-2H3. The van der Waals surface area contributed by atoms with Gasteiger partial charge in [0, 0.05) is 13.0 Å². The Kier molecular flexibility index (Phi) is 5.64. The largest absolute Gasteiger partial charge is 0.493 e. The summed E-state index contributed by atoms with van der Waals surface area (Å²) in [5, 5.41) is 0. The maximum Gasteiger partial charge on any atom is 0.122 e. The van der Waals surface area contributed by atoms with E-state index in [1.807, 2.05) is 30.3 Å². The topological polar surface area (TPSA) is 44.5 Å². The highest BCUT2D eigenvalue weighted by Gasteiger charge is 2.00. The fourth-order valence-electron chi connectivity index (χ4n) is 2.15. The van der Waals surface area contributed by atoms with Gasteiger partial charge in [0.25, 0.3) is 0 Å². The molecule has 2 N–H and O–H groups in total. The molecule has 0 aromatic heterocycles. The SMILES string of the molecule is Cc1ccc(OCCCOc2cccc(CN)c2)c(C)c1. The molecule has 112 valence electrons. The maximum absolute atomic E-state index is 5.77. The summed E-state index contributed by atoms with van der Waals surface area (Å²) in [7, 11) is 0. The second kappa shape index (κ2) is 7.70. The monoisotopic (exact) mass is 285 g/mol. The Morgan fingerprint density at radius 1 is 0.952 bits per heavy atom. The van der Waals surface area contributed by atoms with Crippen molar-refractivity contribution >= 4 is 0 Å². The van der Waals surface area contributed by atoms with Crippen LogP contribution in [0.2, 0.25) is 0 Å². The number of hydrogen-bond acceptors (Lipinski definition) is 3. The molecule has 3 heteroatoms. The van der Waals surface area contributed by atoms with E-state index in [9.17, 15) is 0 Å². The van der Waals surface area contributed by atoms with Crippen molar-refractivity contribution < 1.29 is 9.47 Å². The van der Waals surface area contributed by atoms with Gasteiger partial charge in [-0.05, 0) is 43.2 Å². The van der Waals surface area contributed by atoms with Gasteiger partial charge in [-0.25, -0.2) is 0 Å². The van der Waals surface area contributed by atoms with E-state index in [4.69, 9.17) is 15.2 Å². The summed E-state index contributed by atoms with van der Waals surface area (Å²) in [4.78, 5) is 0. The second-order valence-corrected chi connectivity index (χ2v) is 5.17. The number of hydrogen-bond donors (Lipinski definition) is 1. The van der Waals surface area contributed by atoms with Crippen LogP contribution in [0.5, 0.6) is 11.5 Å². The van der Waals surface area contributed by atoms with Gasteiger partial charge in [-0.15, -0.1) is 0 Å². The summed E-state index contributed by atoms with van der Waals surface area (Å²) >= 11 is 0. The van der Waals surface area contributed by atoms with Crippen LogP contribution in [0.3, 0.4) is 0 Å². The second-order valence-electron chi connectivity index (χ2n) is 5.17. The number of benzene rings is 2. The van der Waals surface area contributed by atoms with E-state index in [0.29, 0.717) is 19.8 Å². The van der Waals surface area contributed by atoms with Crippen molar-refractivity contribution in [2.45, 2.75) is 26.8 Å². The molecule has 21 heavy (non-hydrogen) atoms. The van der Waals surface area contributed by atoms with Gasteiger partial charge < -0.3 is 15.2 Å². The zero-order chi connectivity index (χ0) is 15.1. The first-order valence-electron chi connectivity index (χ1n) is 7.31. The zero-order valence-electron chi connectivity index (χ0n) is 12.8. The molecular formula is C18H23NO2. The summed E-state index contributed by atoms with van der Waals surface area (Å²) in [6.07, 6.45) is 0.847. The van der Waals surface area contributed by atoms with Crippen LogP contribution in [-0.2, 0) is 6.54 Å². The molecule has 3 nitrogen and oxygen atoms in total. The van der Waals surface area contributed by atoms with Gasteiger partial charge in [-0.1, -0.05) is 29.8 Å². The molecule has 0 aliphatic rings. The summed E-state index contributed by atoms with van der Waals surface area (Å²) < 4.78 is 11.5. The molecule has 0 radical (unpaired) electrons. The van der Waals surface area contributed by atoms with E-state index in [2.05, 4.69) is 26.0 Å².